The number of hydrogen-bond acceptors (Lipinski definition) is 2. The largest absolute Gasteiger partial charge is 0.235 e. The van der Waals surface area contributed by atoms with Crippen LogP contribution in [0.3, 0.4) is 0 Å². The molecule has 92 valence electrons. The molecule has 0 amide bonds. The van der Waals surface area contributed by atoms with Gasteiger partial charge in [-0.2, -0.15) is 4.31 Å². The number of piperidine rings is 1. The van der Waals surface area contributed by atoms with Gasteiger partial charge in [0.15, 0.2) is 0 Å². The van der Waals surface area contributed by atoms with E-state index in [0.29, 0.717) is 19.0 Å². The highest BCUT2D eigenvalue weighted by Crippen LogP contribution is 2.28. The monoisotopic (exact) mass is 251 g/mol. The van der Waals surface area contributed by atoms with Crippen molar-refractivity contribution < 1.29 is 8.42 Å². The molecule has 0 saturated carbocycles. The third-order valence-corrected chi connectivity index (χ3v) is 4.70. The fourth-order valence-corrected chi connectivity index (χ4v) is 3.26. The van der Waals surface area contributed by atoms with Crippen molar-refractivity contribution in [1.82, 2.24) is 4.31 Å². The van der Waals surface area contributed by atoms with E-state index in [4.69, 9.17) is 0 Å². The molecule has 4 heteroatoms. The number of hydrogen-bond donors (Lipinski definition) is 0. The van der Waals surface area contributed by atoms with E-state index in [9.17, 15) is 8.42 Å². The fourth-order valence-electron chi connectivity index (χ4n) is 2.28. The van der Waals surface area contributed by atoms with Gasteiger partial charge in [0.1, 0.15) is 0 Å². The Labute approximate surface area is 103 Å². The summed E-state index contributed by atoms with van der Waals surface area (Å²) in [5, 5.41) is 1.04. The third-order valence-electron chi connectivity index (χ3n) is 3.23. The Morgan fingerprint density at radius 3 is 2.65 bits per heavy atom. The van der Waals surface area contributed by atoms with Crippen molar-refractivity contribution in [3.05, 3.63) is 47.9 Å². The molecular weight excluding hydrogens is 234 g/mol. The molecule has 1 unspecified atom stereocenters. The van der Waals surface area contributed by atoms with Crippen LogP contribution in [0.25, 0.3) is 0 Å². The van der Waals surface area contributed by atoms with Gasteiger partial charge in [0.05, 0.1) is 0 Å². The molecule has 0 spiro atoms. The predicted octanol–water partition coefficient (Wildman–Crippen LogP) is 2.34. The third kappa shape index (κ3) is 2.76. The van der Waals surface area contributed by atoms with E-state index in [1.165, 1.54) is 9.87 Å². The predicted molar refractivity (Wildman–Crippen MR) is 69.1 cm³/mol. The molecule has 1 fully saturated rings. The molecule has 2 rings (SSSR count). The van der Waals surface area contributed by atoms with Gasteiger partial charge in [0.2, 0.25) is 10.0 Å². The second kappa shape index (κ2) is 5.02. The molecule has 3 nitrogen and oxygen atoms in total. The minimum Gasteiger partial charge on any atom is -0.208 e. The quantitative estimate of drug-likeness (QED) is 0.827. The Kier molecular flexibility index (Phi) is 3.64. The zero-order valence-electron chi connectivity index (χ0n) is 9.75. The lowest BCUT2D eigenvalue weighted by molar-refractivity contribution is 0.319. The summed E-state index contributed by atoms with van der Waals surface area (Å²) in [6, 6.07) is 10.1. The molecule has 0 radical (unpaired) electrons. The zero-order valence-corrected chi connectivity index (χ0v) is 10.6. The Bertz CT molecular complexity index is 481. The number of benzene rings is 1. The van der Waals surface area contributed by atoms with Crippen LogP contribution in [-0.2, 0) is 10.0 Å². The lowest BCUT2D eigenvalue weighted by atomic mass is 9.92. The van der Waals surface area contributed by atoms with Gasteiger partial charge in [-0.05, 0) is 24.3 Å². The highest BCUT2D eigenvalue weighted by atomic mass is 32.2. The molecule has 1 aliphatic heterocycles. The molecule has 1 saturated heterocycles. The topological polar surface area (TPSA) is 37.4 Å². The van der Waals surface area contributed by atoms with Crippen molar-refractivity contribution in [3.63, 3.8) is 0 Å². The number of nitrogens with zero attached hydrogens (tertiary/aromatic N) is 1. The first-order chi connectivity index (χ1) is 8.13. The maximum atomic E-state index is 11.7. The lowest BCUT2D eigenvalue weighted by Crippen LogP contribution is -2.37. The fraction of sp³-hybridized carbons (Fsp3) is 0.385. The van der Waals surface area contributed by atoms with E-state index in [2.05, 4.69) is 18.7 Å². The molecule has 1 aromatic rings. The van der Waals surface area contributed by atoms with E-state index < -0.39 is 10.0 Å². The van der Waals surface area contributed by atoms with E-state index in [1.807, 2.05) is 18.2 Å². The van der Waals surface area contributed by atoms with Gasteiger partial charge in [0, 0.05) is 18.5 Å². The smallest absolute Gasteiger partial charge is 0.208 e. The van der Waals surface area contributed by atoms with Crippen LogP contribution in [0.1, 0.15) is 24.3 Å². The molecule has 0 aliphatic carbocycles. The SMILES string of the molecule is C=CS(=O)(=O)N1CCCC(c2ccccc2)C1. The molecule has 1 aliphatic rings. The average molecular weight is 251 g/mol. The van der Waals surface area contributed by atoms with E-state index in [0.717, 1.165) is 18.2 Å². The highest BCUT2D eigenvalue weighted by molar-refractivity contribution is 7.92. The van der Waals surface area contributed by atoms with Crippen LogP contribution >= 0.6 is 0 Å². The van der Waals surface area contributed by atoms with Crippen molar-refractivity contribution in [1.29, 1.82) is 0 Å². The van der Waals surface area contributed by atoms with Gasteiger partial charge in [-0.15, -0.1) is 0 Å². The van der Waals surface area contributed by atoms with Crippen LogP contribution in [0, 0.1) is 0 Å². The first-order valence-electron chi connectivity index (χ1n) is 5.81. The van der Waals surface area contributed by atoms with Crippen molar-refractivity contribution in [2.24, 2.45) is 0 Å². The molecule has 0 aromatic heterocycles. The maximum Gasteiger partial charge on any atom is 0.235 e. The Morgan fingerprint density at radius 1 is 1.29 bits per heavy atom. The summed E-state index contributed by atoms with van der Waals surface area (Å²) in [6.07, 6.45) is 1.96. The average Bonchev–Trinajstić information content (AvgIpc) is 2.40. The first-order valence-corrected chi connectivity index (χ1v) is 7.31. The van der Waals surface area contributed by atoms with Gasteiger partial charge in [0.25, 0.3) is 0 Å². The van der Waals surface area contributed by atoms with Crippen LogP contribution in [0.15, 0.2) is 42.3 Å². The standard InChI is InChI=1S/C13H17NO2S/c1-2-17(15,16)14-10-6-9-13(11-14)12-7-4-3-5-8-12/h2-5,7-8,13H,1,6,9-11H2. The first kappa shape index (κ1) is 12.3. The van der Waals surface area contributed by atoms with E-state index >= 15 is 0 Å². The van der Waals surface area contributed by atoms with Crippen molar-refractivity contribution in [2.45, 2.75) is 18.8 Å². The van der Waals surface area contributed by atoms with Crippen LogP contribution in [0.5, 0.6) is 0 Å². The summed E-state index contributed by atoms with van der Waals surface area (Å²) in [5.41, 5.74) is 1.22. The molecule has 1 atom stereocenters. The van der Waals surface area contributed by atoms with E-state index in [1.54, 1.807) is 0 Å². The van der Waals surface area contributed by atoms with E-state index in [-0.39, 0.29) is 0 Å². The molecule has 1 aromatic carbocycles. The minimum absolute atomic E-state index is 0.305. The van der Waals surface area contributed by atoms with Gasteiger partial charge < -0.3 is 0 Å². The van der Waals surface area contributed by atoms with Crippen molar-refractivity contribution >= 4 is 10.0 Å². The van der Waals surface area contributed by atoms with Crippen molar-refractivity contribution in [3.8, 4) is 0 Å². The van der Waals surface area contributed by atoms with Crippen LogP contribution in [0.2, 0.25) is 0 Å². The van der Waals surface area contributed by atoms with Crippen LogP contribution in [0.4, 0.5) is 0 Å². The van der Waals surface area contributed by atoms with Gasteiger partial charge in [-0.1, -0.05) is 36.9 Å². The summed E-state index contributed by atoms with van der Waals surface area (Å²) in [4.78, 5) is 0. The summed E-state index contributed by atoms with van der Waals surface area (Å²) >= 11 is 0. The number of rotatable bonds is 3. The normalized spacial score (nSPS) is 22.2. The zero-order chi connectivity index (χ0) is 12.3. The minimum atomic E-state index is -3.26. The second-order valence-corrected chi connectivity index (χ2v) is 6.20. The summed E-state index contributed by atoms with van der Waals surface area (Å²) < 4.78 is 25.0. The summed E-state index contributed by atoms with van der Waals surface area (Å²) in [7, 11) is -3.26. The Hall–Kier alpha value is -1.13. The van der Waals surface area contributed by atoms with Gasteiger partial charge >= 0.3 is 0 Å². The molecule has 0 bridgehead atoms. The second-order valence-electron chi connectivity index (χ2n) is 4.32. The molecular formula is C13H17NO2S. The van der Waals surface area contributed by atoms with Gasteiger partial charge in [-0.3, -0.25) is 0 Å². The maximum absolute atomic E-state index is 11.7. The summed E-state index contributed by atoms with van der Waals surface area (Å²) in [5.74, 6) is 0.305. The number of sulfonamides is 1. The van der Waals surface area contributed by atoms with Crippen LogP contribution < -0.4 is 0 Å². The van der Waals surface area contributed by atoms with Gasteiger partial charge in [-0.25, -0.2) is 8.42 Å². The summed E-state index contributed by atoms with van der Waals surface area (Å²) in [6.45, 7) is 4.55. The van der Waals surface area contributed by atoms with Crippen LogP contribution in [-0.4, -0.2) is 25.8 Å². The lowest BCUT2D eigenvalue weighted by Gasteiger charge is -2.31. The molecule has 0 N–H and O–H groups in total. The Balaban J connectivity index is 2.16. The van der Waals surface area contributed by atoms with Crippen molar-refractivity contribution in [2.75, 3.05) is 13.1 Å². The molecule has 1 heterocycles. The molecule has 17 heavy (non-hydrogen) atoms. The Morgan fingerprint density at radius 2 is 2.00 bits per heavy atom. The highest BCUT2D eigenvalue weighted by Gasteiger charge is 2.27.